The molecule has 0 aliphatic rings. The minimum Gasteiger partial charge on any atom is -0.463 e. The van der Waals surface area contributed by atoms with E-state index >= 15 is 0 Å². The molecule has 0 atom stereocenters. The van der Waals surface area contributed by atoms with E-state index in [1.54, 1.807) is 0 Å². The fourth-order valence-electron chi connectivity index (χ4n) is 1.36. The number of benzene rings is 1. The van der Waals surface area contributed by atoms with Crippen LogP contribution in [0.1, 0.15) is 19.3 Å². The first kappa shape index (κ1) is 19.7. The number of halogens is 5. The molecule has 0 N–H and O–H groups in total. The number of carbonyl (C=O) groups excluding carboxylic acids is 2. The van der Waals surface area contributed by atoms with Gasteiger partial charge in [-0.1, -0.05) is 34.8 Å². The van der Waals surface area contributed by atoms with Crippen LogP contribution in [-0.2, 0) is 14.3 Å². The summed E-state index contributed by atoms with van der Waals surface area (Å²) < 4.78 is 9.80. The molecule has 0 bridgehead atoms. The van der Waals surface area contributed by atoms with Crippen molar-refractivity contribution in [1.29, 1.82) is 0 Å². The van der Waals surface area contributed by atoms with Crippen LogP contribution in [0, 0.1) is 0 Å². The third-order valence-corrected chi connectivity index (χ3v) is 3.60. The fraction of sp³-hybridized carbons (Fsp3) is 0.385. The summed E-state index contributed by atoms with van der Waals surface area (Å²) in [6.07, 6.45) is 0.313. The van der Waals surface area contributed by atoms with E-state index in [1.165, 1.54) is 12.1 Å². The lowest BCUT2D eigenvalue weighted by atomic mass is 10.2. The molecule has 1 aromatic rings. The Morgan fingerprint density at radius 3 is 2.18 bits per heavy atom. The summed E-state index contributed by atoms with van der Waals surface area (Å²) in [5.74, 6) is -0.942. The van der Waals surface area contributed by atoms with Crippen LogP contribution in [0.5, 0.6) is 5.75 Å². The third-order valence-electron chi connectivity index (χ3n) is 2.33. The molecule has 22 heavy (non-hydrogen) atoms. The predicted octanol–water partition coefficient (Wildman–Crippen LogP) is 5.07. The zero-order chi connectivity index (χ0) is 16.7. The summed E-state index contributed by atoms with van der Waals surface area (Å²) in [6.45, 7) is -0.0920. The first-order chi connectivity index (χ1) is 10.3. The standard InChI is InChI=1S/C13H11Cl5O4/c14-7-4-9(16)10(5-8(7)15)22-13(20)3-1-2-12(19)21-6-11(17)18/h4-5,11H,1-3,6H2. The smallest absolute Gasteiger partial charge is 0.311 e. The lowest BCUT2D eigenvalue weighted by Crippen LogP contribution is -2.12. The number of carbonyl (C=O) groups is 2. The molecule has 1 aromatic carbocycles. The first-order valence-corrected chi connectivity index (χ1v) is 8.09. The highest BCUT2D eigenvalue weighted by Crippen LogP contribution is 2.34. The van der Waals surface area contributed by atoms with Gasteiger partial charge in [-0.15, -0.1) is 23.2 Å². The van der Waals surface area contributed by atoms with Crippen molar-refractivity contribution >= 4 is 69.9 Å². The molecule has 0 heterocycles. The number of ether oxygens (including phenoxy) is 2. The van der Waals surface area contributed by atoms with Gasteiger partial charge in [-0.25, -0.2) is 0 Å². The summed E-state index contributed by atoms with van der Waals surface area (Å²) in [5.41, 5.74) is 0. The lowest BCUT2D eigenvalue weighted by molar-refractivity contribution is -0.143. The summed E-state index contributed by atoms with van der Waals surface area (Å²) in [4.78, 5) is 22.2. The molecule has 9 heteroatoms. The second-order valence-corrected chi connectivity index (χ2v) is 6.60. The summed E-state index contributed by atoms with van der Waals surface area (Å²) in [5, 5.41) is 0.637. The largest absolute Gasteiger partial charge is 0.463 e. The molecule has 0 radical (unpaired) electrons. The van der Waals surface area contributed by atoms with Gasteiger partial charge in [-0.05, 0) is 12.5 Å². The maximum Gasteiger partial charge on any atom is 0.311 e. The number of alkyl halides is 2. The van der Waals surface area contributed by atoms with Crippen molar-refractivity contribution in [1.82, 2.24) is 0 Å². The van der Waals surface area contributed by atoms with Crippen molar-refractivity contribution in [2.45, 2.75) is 24.1 Å². The molecule has 0 aliphatic carbocycles. The Hall–Kier alpha value is -0.390. The molecular formula is C13H11Cl5O4. The van der Waals surface area contributed by atoms with Crippen LogP contribution in [0.15, 0.2) is 12.1 Å². The SMILES string of the molecule is O=C(CCCC(=O)Oc1cc(Cl)c(Cl)cc1Cl)OCC(Cl)Cl. The maximum atomic E-state index is 11.7. The zero-order valence-electron chi connectivity index (χ0n) is 11.1. The van der Waals surface area contributed by atoms with Gasteiger partial charge in [-0.3, -0.25) is 9.59 Å². The number of hydrogen-bond donors (Lipinski definition) is 0. The highest BCUT2D eigenvalue weighted by Gasteiger charge is 2.13. The van der Waals surface area contributed by atoms with Crippen LogP contribution < -0.4 is 4.74 Å². The van der Waals surface area contributed by atoms with E-state index in [-0.39, 0.29) is 46.7 Å². The van der Waals surface area contributed by atoms with Gasteiger partial charge in [0.05, 0.1) is 15.1 Å². The Kier molecular flexibility index (Phi) is 8.65. The topological polar surface area (TPSA) is 52.6 Å². The molecule has 0 fully saturated rings. The average molecular weight is 408 g/mol. The first-order valence-electron chi connectivity index (χ1n) is 6.08. The monoisotopic (exact) mass is 406 g/mol. The van der Waals surface area contributed by atoms with E-state index in [0.717, 1.165) is 0 Å². The van der Waals surface area contributed by atoms with Gasteiger partial charge >= 0.3 is 11.9 Å². The Morgan fingerprint density at radius 2 is 1.55 bits per heavy atom. The molecule has 0 aromatic heterocycles. The van der Waals surface area contributed by atoms with E-state index in [0.29, 0.717) is 0 Å². The molecule has 4 nitrogen and oxygen atoms in total. The van der Waals surface area contributed by atoms with Gasteiger partial charge in [-0.2, -0.15) is 0 Å². The van der Waals surface area contributed by atoms with Crippen molar-refractivity contribution in [3.8, 4) is 5.75 Å². The fourth-order valence-corrected chi connectivity index (χ4v) is 2.06. The van der Waals surface area contributed by atoms with Crippen LogP contribution in [0.2, 0.25) is 15.1 Å². The minimum atomic E-state index is -0.772. The Balaban J connectivity index is 2.38. The number of esters is 2. The van der Waals surface area contributed by atoms with Crippen molar-refractivity contribution in [2.75, 3.05) is 6.61 Å². The highest BCUT2D eigenvalue weighted by atomic mass is 35.5. The van der Waals surface area contributed by atoms with Crippen LogP contribution in [0.4, 0.5) is 0 Å². The van der Waals surface area contributed by atoms with Gasteiger partial charge in [0.25, 0.3) is 0 Å². The van der Waals surface area contributed by atoms with Crippen LogP contribution in [0.25, 0.3) is 0 Å². The third kappa shape index (κ3) is 7.25. The van der Waals surface area contributed by atoms with Gasteiger partial charge in [0, 0.05) is 18.9 Å². The van der Waals surface area contributed by atoms with Gasteiger partial charge in [0.15, 0.2) is 5.75 Å². The normalized spacial score (nSPS) is 10.6. The Labute approximate surface area is 152 Å². The summed E-state index contributed by atoms with van der Waals surface area (Å²) >= 11 is 28.3. The zero-order valence-corrected chi connectivity index (χ0v) is 14.9. The van der Waals surface area contributed by atoms with Crippen molar-refractivity contribution < 1.29 is 19.1 Å². The van der Waals surface area contributed by atoms with Crippen molar-refractivity contribution in [3.05, 3.63) is 27.2 Å². The molecule has 0 aliphatic heterocycles. The Bertz CT molecular complexity index is 547. The van der Waals surface area contributed by atoms with Crippen molar-refractivity contribution in [3.63, 3.8) is 0 Å². The van der Waals surface area contributed by atoms with Crippen molar-refractivity contribution in [2.24, 2.45) is 0 Å². The van der Waals surface area contributed by atoms with Gasteiger partial charge in [0.1, 0.15) is 11.4 Å². The van der Waals surface area contributed by atoms with Crippen LogP contribution in [0.3, 0.4) is 0 Å². The molecular weight excluding hydrogens is 397 g/mol. The second kappa shape index (κ2) is 9.68. The van der Waals surface area contributed by atoms with Gasteiger partial charge in [0.2, 0.25) is 0 Å². The van der Waals surface area contributed by atoms with Crippen LogP contribution in [-0.4, -0.2) is 23.4 Å². The summed E-state index contributed by atoms with van der Waals surface area (Å²) in [6, 6.07) is 2.72. The summed E-state index contributed by atoms with van der Waals surface area (Å²) in [7, 11) is 0. The molecule has 0 saturated carbocycles. The van der Waals surface area contributed by atoms with E-state index in [4.69, 9.17) is 67.5 Å². The second-order valence-electron chi connectivity index (χ2n) is 4.10. The molecule has 1 rings (SSSR count). The molecule has 0 amide bonds. The molecule has 0 unspecified atom stereocenters. The molecule has 0 saturated heterocycles. The Morgan fingerprint density at radius 1 is 0.955 bits per heavy atom. The van der Waals surface area contributed by atoms with E-state index in [1.807, 2.05) is 0 Å². The number of rotatable bonds is 7. The number of hydrogen-bond acceptors (Lipinski definition) is 4. The predicted molar refractivity (Wildman–Crippen MR) is 87.4 cm³/mol. The average Bonchev–Trinajstić information content (AvgIpc) is 2.42. The van der Waals surface area contributed by atoms with Crippen LogP contribution >= 0.6 is 58.0 Å². The lowest BCUT2D eigenvalue weighted by Gasteiger charge is -2.08. The quantitative estimate of drug-likeness (QED) is 0.274. The van der Waals surface area contributed by atoms with Gasteiger partial charge < -0.3 is 9.47 Å². The van der Waals surface area contributed by atoms with E-state index in [2.05, 4.69) is 0 Å². The van der Waals surface area contributed by atoms with E-state index in [9.17, 15) is 9.59 Å². The highest BCUT2D eigenvalue weighted by molar-refractivity contribution is 6.44. The molecule has 122 valence electrons. The molecule has 0 spiro atoms. The van der Waals surface area contributed by atoms with E-state index < -0.39 is 16.8 Å². The maximum absolute atomic E-state index is 11.7. The minimum absolute atomic E-state index is 0.0108.